The summed E-state index contributed by atoms with van der Waals surface area (Å²) in [5.41, 5.74) is 1.42. The number of imidazole rings is 1. The lowest BCUT2D eigenvalue weighted by atomic mass is 10.0. The van der Waals surface area contributed by atoms with Crippen LogP contribution < -0.4 is 5.32 Å². The predicted octanol–water partition coefficient (Wildman–Crippen LogP) is 0.869. The van der Waals surface area contributed by atoms with E-state index in [1.807, 2.05) is 6.33 Å². The molecular formula is C13H20N4. The third-order valence-corrected chi connectivity index (χ3v) is 4.54. The van der Waals surface area contributed by atoms with Crippen LogP contribution >= 0.6 is 0 Å². The first-order valence-electron chi connectivity index (χ1n) is 6.84. The maximum atomic E-state index is 4.32. The van der Waals surface area contributed by atoms with Crippen molar-refractivity contribution in [2.75, 3.05) is 26.2 Å². The van der Waals surface area contributed by atoms with Gasteiger partial charge in [-0.3, -0.25) is 4.90 Å². The monoisotopic (exact) mass is 232 g/mol. The molecule has 2 aliphatic heterocycles. The molecule has 0 radical (unpaired) electrons. The Balaban J connectivity index is 1.45. The molecule has 0 bridgehead atoms. The van der Waals surface area contributed by atoms with E-state index in [0.717, 1.165) is 24.4 Å². The molecule has 2 atom stereocenters. The molecule has 0 aromatic carbocycles. The van der Waals surface area contributed by atoms with Gasteiger partial charge in [0.2, 0.25) is 0 Å². The fourth-order valence-corrected chi connectivity index (χ4v) is 3.45. The summed E-state index contributed by atoms with van der Waals surface area (Å²) in [6.07, 6.45) is 6.77. The highest BCUT2D eigenvalue weighted by molar-refractivity contribution is 5.05. The van der Waals surface area contributed by atoms with Gasteiger partial charge in [0.25, 0.3) is 0 Å². The van der Waals surface area contributed by atoms with E-state index in [9.17, 15) is 0 Å². The average molecular weight is 232 g/mol. The molecule has 3 aliphatic rings. The van der Waals surface area contributed by atoms with Gasteiger partial charge >= 0.3 is 0 Å². The molecule has 4 nitrogen and oxygen atoms in total. The Morgan fingerprint density at radius 2 is 2.00 bits per heavy atom. The molecule has 0 spiro atoms. The number of nitrogens with zero attached hydrogens (tertiary/aromatic N) is 3. The van der Waals surface area contributed by atoms with Crippen LogP contribution in [0.4, 0.5) is 0 Å². The van der Waals surface area contributed by atoms with E-state index in [1.54, 1.807) is 0 Å². The van der Waals surface area contributed by atoms with Crippen LogP contribution in [-0.4, -0.2) is 40.6 Å². The van der Waals surface area contributed by atoms with Crippen molar-refractivity contribution in [3.05, 3.63) is 18.2 Å². The van der Waals surface area contributed by atoms with Gasteiger partial charge in [-0.1, -0.05) is 0 Å². The Labute approximate surface area is 102 Å². The number of hydrogen-bond donors (Lipinski definition) is 1. The van der Waals surface area contributed by atoms with Crippen molar-refractivity contribution in [3.8, 4) is 0 Å². The number of aromatic nitrogens is 2. The fourth-order valence-electron chi connectivity index (χ4n) is 3.45. The summed E-state index contributed by atoms with van der Waals surface area (Å²) < 4.78 is 2.40. The topological polar surface area (TPSA) is 33.1 Å². The minimum Gasteiger partial charge on any atom is -0.330 e. The first-order chi connectivity index (χ1) is 8.40. The Morgan fingerprint density at radius 3 is 2.71 bits per heavy atom. The quantitative estimate of drug-likeness (QED) is 0.839. The zero-order valence-corrected chi connectivity index (χ0v) is 10.2. The molecular weight excluding hydrogens is 212 g/mol. The second-order valence-corrected chi connectivity index (χ2v) is 5.90. The highest BCUT2D eigenvalue weighted by Gasteiger charge is 2.36. The lowest BCUT2D eigenvalue weighted by Gasteiger charge is -2.17. The standard InChI is InChI=1S/C13H20N4/c1-2-12(1)17-9-15-5-13(17)8-16-6-10-3-14-4-11(10)7-16/h5,9-12,14H,1-4,6-8H2/t10-,11+. The molecule has 0 amide bonds. The number of likely N-dealkylation sites (tertiary alicyclic amines) is 1. The fraction of sp³-hybridized carbons (Fsp3) is 0.769. The highest BCUT2D eigenvalue weighted by Crippen LogP contribution is 2.36. The molecule has 3 heterocycles. The maximum absolute atomic E-state index is 4.32. The smallest absolute Gasteiger partial charge is 0.0951 e. The predicted molar refractivity (Wildman–Crippen MR) is 65.6 cm³/mol. The lowest BCUT2D eigenvalue weighted by Crippen LogP contribution is -2.26. The third-order valence-electron chi connectivity index (χ3n) is 4.54. The average Bonchev–Trinajstić information content (AvgIpc) is 2.72. The minimum absolute atomic E-state index is 0.760. The van der Waals surface area contributed by atoms with Crippen LogP contribution in [0.3, 0.4) is 0 Å². The number of hydrogen-bond acceptors (Lipinski definition) is 3. The second-order valence-electron chi connectivity index (χ2n) is 5.90. The van der Waals surface area contributed by atoms with Crippen LogP contribution in [0.5, 0.6) is 0 Å². The van der Waals surface area contributed by atoms with Crippen LogP contribution in [0.1, 0.15) is 24.6 Å². The van der Waals surface area contributed by atoms with Crippen molar-refractivity contribution in [1.29, 1.82) is 0 Å². The molecule has 1 N–H and O–H groups in total. The summed E-state index contributed by atoms with van der Waals surface area (Å²) in [6, 6.07) is 0.760. The molecule has 92 valence electrons. The number of fused-ring (bicyclic) bond motifs is 1. The molecule has 3 fully saturated rings. The van der Waals surface area contributed by atoms with Gasteiger partial charge in [-0.2, -0.15) is 0 Å². The van der Waals surface area contributed by atoms with Crippen molar-refractivity contribution in [2.45, 2.75) is 25.4 Å². The third kappa shape index (κ3) is 1.79. The van der Waals surface area contributed by atoms with Crippen LogP contribution in [-0.2, 0) is 6.54 Å². The molecule has 0 unspecified atom stereocenters. The van der Waals surface area contributed by atoms with Gasteiger partial charge in [0.1, 0.15) is 0 Å². The van der Waals surface area contributed by atoms with Gasteiger partial charge in [0.15, 0.2) is 0 Å². The Kier molecular flexibility index (Phi) is 2.27. The van der Waals surface area contributed by atoms with Gasteiger partial charge in [-0.15, -0.1) is 0 Å². The van der Waals surface area contributed by atoms with Gasteiger partial charge in [-0.25, -0.2) is 4.98 Å². The van der Waals surface area contributed by atoms with Gasteiger partial charge in [0.05, 0.1) is 12.0 Å². The Bertz CT molecular complexity index is 397. The van der Waals surface area contributed by atoms with Gasteiger partial charge in [-0.05, 0) is 37.8 Å². The van der Waals surface area contributed by atoms with Crippen LogP contribution in [0.15, 0.2) is 12.5 Å². The summed E-state index contributed by atoms with van der Waals surface area (Å²) in [6.45, 7) is 6.09. The molecule has 17 heavy (non-hydrogen) atoms. The summed E-state index contributed by atoms with van der Waals surface area (Å²) in [7, 11) is 0. The lowest BCUT2D eigenvalue weighted by molar-refractivity contribution is 0.297. The van der Waals surface area contributed by atoms with Crippen LogP contribution in [0, 0.1) is 11.8 Å². The van der Waals surface area contributed by atoms with Crippen LogP contribution in [0.2, 0.25) is 0 Å². The molecule has 1 saturated carbocycles. The molecule has 1 aromatic heterocycles. The summed E-state index contributed by atoms with van der Waals surface area (Å²) >= 11 is 0. The molecule has 4 heteroatoms. The van der Waals surface area contributed by atoms with Gasteiger partial charge < -0.3 is 9.88 Å². The largest absolute Gasteiger partial charge is 0.330 e. The zero-order valence-electron chi connectivity index (χ0n) is 10.2. The van der Waals surface area contributed by atoms with E-state index in [-0.39, 0.29) is 0 Å². The van der Waals surface area contributed by atoms with E-state index in [4.69, 9.17) is 0 Å². The van der Waals surface area contributed by atoms with Crippen molar-refractivity contribution in [3.63, 3.8) is 0 Å². The first-order valence-corrected chi connectivity index (χ1v) is 6.84. The molecule has 1 aromatic rings. The SMILES string of the molecule is c1ncn(C2CC2)c1CN1C[C@H]2CNC[C@H]2C1. The zero-order chi connectivity index (χ0) is 11.2. The molecule has 4 rings (SSSR count). The minimum atomic E-state index is 0.760. The van der Waals surface area contributed by atoms with Crippen molar-refractivity contribution in [2.24, 2.45) is 11.8 Å². The van der Waals surface area contributed by atoms with E-state index >= 15 is 0 Å². The Hall–Kier alpha value is -0.870. The van der Waals surface area contributed by atoms with Crippen LogP contribution in [0.25, 0.3) is 0 Å². The van der Waals surface area contributed by atoms with Crippen molar-refractivity contribution < 1.29 is 0 Å². The summed E-state index contributed by atoms with van der Waals surface area (Å²) in [5.74, 6) is 1.79. The maximum Gasteiger partial charge on any atom is 0.0951 e. The number of rotatable bonds is 3. The summed E-state index contributed by atoms with van der Waals surface area (Å²) in [4.78, 5) is 6.94. The van der Waals surface area contributed by atoms with E-state index in [0.29, 0.717) is 0 Å². The van der Waals surface area contributed by atoms with E-state index in [1.165, 1.54) is 44.7 Å². The van der Waals surface area contributed by atoms with Crippen molar-refractivity contribution in [1.82, 2.24) is 19.8 Å². The first kappa shape index (κ1) is 10.1. The van der Waals surface area contributed by atoms with E-state index in [2.05, 4.69) is 26.0 Å². The van der Waals surface area contributed by atoms with Gasteiger partial charge in [0, 0.05) is 31.9 Å². The molecule has 2 saturated heterocycles. The highest BCUT2D eigenvalue weighted by atomic mass is 15.2. The van der Waals surface area contributed by atoms with E-state index < -0.39 is 0 Å². The summed E-state index contributed by atoms with van der Waals surface area (Å²) in [5, 5.41) is 3.50. The molecule has 1 aliphatic carbocycles. The second kappa shape index (κ2) is 3.82. The number of nitrogens with one attached hydrogen (secondary N) is 1. The normalized spacial score (nSPS) is 33.2. The Morgan fingerprint density at radius 1 is 1.24 bits per heavy atom. The van der Waals surface area contributed by atoms with Crippen molar-refractivity contribution >= 4 is 0 Å².